The zero-order chi connectivity index (χ0) is 24.9. The van der Waals surface area contributed by atoms with Gasteiger partial charge in [0.05, 0.1) is 31.2 Å². The number of hydrogen-bond donors (Lipinski definition) is 3. The molecule has 0 unspecified atom stereocenters. The first-order valence-electron chi connectivity index (χ1n) is 11.5. The van der Waals surface area contributed by atoms with Gasteiger partial charge in [-0.1, -0.05) is 18.2 Å². The van der Waals surface area contributed by atoms with Gasteiger partial charge in [-0.25, -0.2) is 4.90 Å². The maximum atomic E-state index is 13.2. The summed E-state index contributed by atoms with van der Waals surface area (Å²) in [5.74, 6) is -0.301. The van der Waals surface area contributed by atoms with Crippen LogP contribution in [0.3, 0.4) is 0 Å². The van der Waals surface area contributed by atoms with Crippen molar-refractivity contribution in [1.82, 2.24) is 15.8 Å². The van der Waals surface area contributed by atoms with E-state index in [0.29, 0.717) is 30.9 Å². The first-order chi connectivity index (χ1) is 16.9. The quantitative estimate of drug-likeness (QED) is 0.330. The van der Waals surface area contributed by atoms with Gasteiger partial charge in [-0.15, -0.1) is 0 Å². The summed E-state index contributed by atoms with van der Waals surface area (Å²) in [6, 6.07) is 14.1. The van der Waals surface area contributed by atoms with Gasteiger partial charge in [0.15, 0.2) is 5.11 Å². The third-order valence-electron chi connectivity index (χ3n) is 6.27. The van der Waals surface area contributed by atoms with Gasteiger partial charge >= 0.3 is 0 Å². The summed E-state index contributed by atoms with van der Waals surface area (Å²) in [6.45, 7) is 2.99. The molecule has 3 amide bonds. The van der Waals surface area contributed by atoms with Crippen molar-refractivity contribution in [3.8, 4) is 5.75 Å². The van der Waals surface area contributed by atoms with E-state index in [0.717, 1.165) is 17.7 Å². The molecule has 2 fully saturated rings. The van der Waals surface area contributed by atoms with Crippen LogP contribution in [0.1, 0.15) is 24.8 Å². The lowest BCUT2D eigenvalue weighted by Crippen LogP contribution is -2.52. The monoisotopic (exact) mass is 495 g/mol. The van der Waals surface area contributed by atoms with Crippen molar-refractivity contribution in [2.75, 3.05) is 30.4 Å². The molecule has 0 spiro atoms. The summed E-state index contributed by atoms with van der Waals surface area (Å²) >= 11 is 5.27. The molecule has 2 saturated heterocycles. The van der Waals surface area contributed by atoms with Gasteiger partial charge in [-0.3, -0.25) is 30.1 Å². The summed E-state index contributed by atoms with van der Waals surface area (Å²) in [5, 5.41) is 3.23. The number of anilines is 2. The van der Waals surface area contributed by atoms with Crippen molar-refractivity contribution >= 4 is 46.4 Å². The van der Waals surface area contributed by atoms with E-state index < -0.39 is 6.04 Å². The van der Waals surface area contributed by atoms with Gasteiger partial charge in [0.2, 0.25) is 11.8 Å². The fraction of sp³-hybridized carbons (Fsp3) is 0.360. The van der Waals surface area contributed by atoms with Crippen LogP contribution in [-0.2, 0) is 14.4 Å². The average molecular weight is 496 g/mol. The Morgan fingerprint density at radius 1 is 1.11 bits per heavy atom. The molecule has 2 aromatic carbocycles. The van der Waals surface area contributed by atoms with E-state index in [4.69, 9.17) is 17.0 Å². The van der Waals surface area contributed by atoms with Crippen LogP contribution in [0, 0.1) is 12.8 Å². The topological polar surface area (TPSA) is 103 Å². The SMILES string of the molecule is COc1cccc(NC(=S)NNC(=O)[C@@H]2CCCN([C@@H]3CC(=O)N(c4cccc(C)c4)C3=O)C2)c1. The Balaban J connectivity index is 1.32. The van der Waals surface area contributed by atoms with E-state index in [1.165, 1.54) is 4.90 Å². The van der Waals surface area contributed by atoms with Gasteiger partial charge in [0.25, 0.3) is 5.91 Å². The summed E-state index contributed by atoms with van der Waals surface area (Å²) in [6.07, 6.45) is 1.57. The molecule has 0 saturated carbocycles. The van der Waals surface area contributed by atoms with Crippen LogP contribution in [0.5, 0.6) is 5.75 Å². The number of likely N-dealkylation sites (tertiary alicyclic amines) is 1. The van der Waals surface area contributed by atoms with Gasteiger partial charge in [-0.2, -0.15) is 0 Å². The van der Waals surface area contributed by atoms with Crippen molar-refractivity contribution < 1.29 is 19.1 Å². The lowest BCUT2D eigenvalue weighted by Gasteiger charge is -2.34. The number of thiocarbonyl (C=S) groups is 1. The van der Waals surface area contributed by atoms with Crippen molar-refractivity contribution in [2.24, 2.45) is 5.92 Å². The van der Waals surface area contributed by atoms with Gasteiger partial charge in [0, 0.05) is 18.3 Å². The zero-order valence-corrected chi connectivity index (χ0v) is 20.6. The van der Waals surface area contributed by atoms with E-state index in [1.807, 2.05) is 48.2 Å². The van der Waals surface area contributed by atoms with E-state index in [9.17, 15) is 14.4 Å². The fourth-order valence-electron chi connectivity index (χ4n) is 4.53. The number of nitrogens with one attached hydrogen (secondary N) is 3. The molecule has 2 aliphatic heterocycles. The van der Waals surface area contributed by atoms with Gasteiger partial charge in [0.1, 0.15) is 5.75 Å². The van der Waals surface area contributed by atoms with E-state index in [2.05, 4.69) is 16.2 Å². The maximum Gasteiger partial charge on any atom is 0.251 e. The number of nitrogens with zero attached hydrogens (tertiary/aromatic N) is 2. The van der Waals surface area contributed by atoms with E-state index in [-0.39, 0.29) is 35.2 Å². The molecule has 2 aromatic rings. The minimum Gasteiger partial charge on any atom is -0.497 e. The Bertz CT molecular complexity index is 1140. The molecule has 0 radical (unpaired) electrons. The van der Waals surface area contributed by atoms with Crippen molar-refractivity contribution in [2.45, 2.75) is 32.2 Å². The summed E-state index contributed by atoms with van der Waals surface area (Å²) in [4.78, 5) is 41.9. The van der Waals surface area contributed by atoms with Crippen LogP contribution in [0.15, 0.2) is 48.5 Å². The molecule has 9 nitrogen and oxygen atoms in total. The number of aryl methyl sites for hydroxylation is 1. The van der Waals surface area contributed by atoms with Gasteiger partial charge in [-0.05, 0) is 68.4 Å². The molecule has 4 rings (SSSR count). The second-order valence-electron chi connectivity index (χ2n) is 8.76. The number of amides is 3. The number of benzene rings is 2. The second-order valence-corrected chi connectivity index (χ2v) is 9.17. The third-order valence-corrected chi connectivity index (χ3v) is 6.48. The van der Waals surface area contributed by atoms with E-state index >= 15 is 0 Å². The lowest BCUT2D eigenvalue weighted by atomic mass is 9.95. The zero-order valence-electron chi connectivity index (χ0n) is 19.7. The third kappa shape index (κ3) is 5.77. The summed E-state index contributed by atoms with van der Waals surface area (Å²) < 4.78 is 5.19. The minimum absolute atomic E-state index is 0.119. The standard InChI is InChI=1S/C25H29N5O4S/c1-16-6-3-9-19(12-16)30-22(31)14-21(24(30)33)29-11-5-7-17(15-29)23(32)27-28-25(35)26-18-8-4-10-20(13-18)34-2/h3-4,6,8-10,12-13,17,21H,5,7,11,14-15H2,1-2H3,(H,27,32)(H2,26,28,35)/t17-,21-/m1/s1. The summed E-state index contributed by atoms with van der Waals surface area (Å²) in [7, 11) is 1.58. The Morgan fingerprint density at radius 3 is 2.69 bits per heavy atom. The highest BCUT2D eigenvalue weighted by Gasteiger charge is 2.44. The van der Waals surface area contributed by atoms with Crippen molar-refractivity contribution in [1.29, 1.82) is 0 Å². The average Bonchev–Trinajstić information content (AvgIpc) is 3.16. The molecule has 0 bridgehead atoms. The highest BCUT2D eigenvalue weighted by Crippen LogP contribution is 2.29. The van der Waals surface area contributed by atoms with Gasteiger partial charge < -0.3 is 10.1 Å². The van der Waals surface area contributed by atoms with Crippen molar-refractivity contribution in [3.63, 3.8) is 0 Å². The Labute approximate surface area is 209 Å². The molecular formula is C25H29N5O4S. The number of hydrazine groups is 1. The number of ether oxygens (including phenoxy) is 1. The Kier molecular flexibility index (Phi) is 7.62. The van der Waals surface area contributed by atoms with Crippen LogP contribution in [0.2, 0.25) is 0 Å². The highest BCUT2D eigenvalue weighted by atomic mass is 32.1. The highest BCUT2D eigenvalue weighted by molar-refractivity contribution is 7.80. The number of hydrogen-bond acceptors (Lipinski definition) is 6. The number of carbonyl (C=O) groups is 3. The predicted octanol–water partition coefficient (Wildman–Crippen LogP) is 2.37. The van der Waals surface area contributed by atoms with Crippen LogP contribution in [-0.4, -0.2) is 54.0 Å². The van der Waals surface area contributed by atoms with E-state index in [1.54, 1.807) is 19.2 Å². The number of imide groups is 1. The first kappa shape index (κ1) is 24.6. The molecular weight excluding hydrogens is 466 g/mol. The maximum absolute atomic E-state index is 13.2. The van der Waals surface area contributed by atoms with Crippen LogP contribution in [0.25, 0.3) is 0 Å². The summed E-state index contributed by atoms with van der Waals surface area (Å²) in [5.41, 5.74) is 7.69. The molecule has 10 heteroatoms. The molecule has 184 valence electrons. The van der Waals surface area contributed by atoms with Crippen LogP contribution < -0.4 is 25.8 Å². The number of carbonyl (C=O) groups excluding carboxylic acids is 3. The second kappa shape index (κ2) is 10.8. The first-order valence-corrected chi connectivity index (χ1v) is 11.9. The number of piperidine rings is 1. The van der Waals surface area contributed by atoms with Crippen molar-refractivity contribution in [3.05, 3.63) is 54.1 Å². The minimum atomic E-state index is -0.553. The molecule has 3 N–H and O–H groups in total. The Morgan fingerprint density at radius 2 is 1.91 bits per heavy atom. The number of rotatable bonds is 5. The number of methoxy groups -OCH3 is 1. The smallest absolute Gasteiger partial charge is 0.251 e. The Hall–Kier alpha value is -3.50. The normalized spacial score (nSPS) is 20.5. The van der Waals surface area contributed by atoms with Crippen LogP contribution in [0.4, 0.5) is 11.4 Å². The molecule has 2 aliphatic rings. The molecule has 0 aliphatic carbocycles. The molecule has 0 aromatic heterocycles. The lowest BCUT2D eigenvalue weighted by molar-refractivity contribution is -0.130. The molecule has 2 heterocycles. The largest absolute Gasteiger partial charge is 0.497 e. The molecule has 2 atom stereocenters. The fourth-order valence-corrected chi connectivity index (χ4v) is 4.70. The predicted molar refractivity (Wildman–Crippen MR) is 137 cm³/mol. The molecule has 35 heavy (non-hydrogen) atoms. The van der Waals surface area contributed by atoms with Crippen LogP contribution >= 0.6 is 12.2 Å².